The van der Waals surface area contributed by atoms with Gasteiger partial charge < -0.3 is 0 Å². The second-order valence-electron chi connectivity index (χ2n) is 4.24. The highest BCUT2D eigenvalue weighted by Gasteiger charge is 2.12. The Morgan fingerprint density at radius 2 is 2.11 bits per heavy atom. The highest BCUT2D eigenvalue weighted by Crippen LogP contribution is 2.16. The van der Waals surface area contributed by atoms with Crippen LogP contribution >= 0.6 is 22.6 Å². The maximum absolute atomic E-state index is 13.0. The lowest BCUT2D eigenvalue weighted by Gasteiger charge is -2.04. The molecule has 0 saturated carbocycles. The summed E-state index contributed by atoms with van der Waals surface area (Å²) in [5, 5.41) is 0. The fourth-order valence-electron chi connectivity index (χ4n) is 1.74. The van der Waals surface area contributed by atoms with E-state index >= 15 is 0 Å². The van der Waals surface area contributed by atoms with Crippen LogP contribution in [0, 0.1) is 9.39 Å². The Labute approximate surface area is 125 Å². The van der Waals surface area contributed by atoms with Crippen LogP contribution in [-0.2, 0) is 12.8 Å². The Morgan fingerprint density at radius 3 is 2.68 bits per heavy atom. The van der Waals surface area contributed by atoms with Gasteiger partial charge in [-0.1, -0.05) is 13.0 Å². The Bertz CT molecular complexity index is 596. The zero-order chi connectivity index (χ0) is 13.8. The number of pyridine rings is 1. The fraction of sp³-hybridized carbons (Fsp3) is 0.200. The fourth-order valence-corrected chi connectivity index (χ4v) is 2.52. The molecule has 0 unspecified atom stereocenters. The van der Waals surface area contributed by atoms with Crippen molar-refractivity contribution in [3.8, 4) is 0 Å². The van der Waals surface area contributed by atoms with Crippen molar-refractivity contribution < 1.29 is 9.18 Å². The third kappa shape index (κ3) is 3.59. The van der Waals surface area contributed by atoms with Gasteiger partial charge in [-0.2, -0.15) is 0 Å². The largest absolute Gasteiger partial charge is 0.294 e. The molecule has 1 aromatic heterocycles. The maximum Gasteiger partial charge on any atom is 0.169 e. The highest BCUT2D eigenvalue weighted by molar-refractivity contribution is 14.1. The van der Waals surface area contributed by atoms with Gasteiger partial charge in [0.1, 0.15) is 5.82 Å². The Morgan fingerprint density at radius 1 is 1.32 bits per heavy atom. The number of hydrogen-bond acceptors (Lipinski definition) is 2. The Hall–Kier alpha value is -1.30. The third-order valence-corrected chi connectivity index (χ3v) is 3.76. The van der Waals surface area contributed by atoms with Crippen LogP contribution < -0.4 is 0 Å². The number of aryl methyl sites for hydroxylation is 1. The smallest absolute Gasteiger partial charge is 0.169 e. The molecule has 98 valence electrons. The van der Waals surface area contributed by atoms with Crippen LogP contribution in [0.15, 0.2) is 36.5 Å². The number of hydrogen-bond donors (Lipinski definition) is 0. The summed E-state index contributed by atoms with van der Waals surface area (Å²) in [7, 11) is 0. The molecule has 19 heavy (non-hydrogen) atoms. The summed E-state index contributed by atoms with van der Waals surface area (Å²) in [5.41, 5.74) is 2.43. The number of aromatic nitrogens is 1. The number of Topliss-reactive ketones (excluding diaryl/α,β-unsaturated/α-hetero) is 1. The Kier molecular flexibility index (Phi) is 4.63. The maximum atomic E-state index is 13.0. The zero-order valence-electron chi connectivity index (χ0n) is 10.5. The first-order chi connectivity index (χ1) is 9.10. The zero-order valence-corrected chi connectivity index (χ0v) is 12.6. The standard InChI is InChI=1S/C15H13FINO/c1-2-10-3-5-12(18-9-10)8-15(19)13-6-4-11(16)7-14(13)17/h3-7,9H,2,8H2,1H3. The molecule has 0 saturated heterocycles. The van der Waals surface area contributed by atoms with Crippen LogP contribution in [0.2, 0.25) is 0 Å². The molecule has 2 aromatic rings. The monoisotopic (exact) mass is 369 g/mol. The molecule has 0 bridgehead atoms. The van der Waals surface area contributed by atoms with Gasteiger partial charge in [0.2, 0.25) is 0 Å². The van der Waals surface area contributed by atoms with Crippen molar-refractivity contribution in [2.24, 2.45) is 0 Å². The number of benzene rings is 1. The molecule has 0 radical (unpaired) electrons. The molecule has 0 amide bonds. The van der Waals surface area contributed by atoms with Gasteiger partial charge >= 0.3 is 0 Å². The van der Waals surface area contributed by atoms with E-state index in [0.29, 0.717) is 9.13 Å². The normalized spacial score (nSPS) is 10.5. The lowest BCUT2D eigenvalue weighted by atomic mass is 10.1. The molecule has 2 nitrogen and oxygen atoms in total. The topological polar surface area (TPSA) is 30.0 Å². The molecular weight excluding hydrogens is 356 g/mol. The SMILES string of the molecule is CCc1ccc(CC(=O)c2ccc(F)cc2I)nc1. The molecule has 1 heterocycles. The van der Waals surface area contributed by atoms with Crippen molar-refractivity contribution in [1.82, 2.24) is 4.98 Å². The minimum absolute atomic E-state index is 0.0406. The van der Waals surface area contributed by atoms with Crippen LogP contribution in [0.4, 0.5) is 4.39 Å². The molecule has 0 fully saturated rings. The van der Waals surface area contributed by atoms with Gasteiger partial charge in [0.15, 0.2) is 5.78 Å². The molecular formula is C15H13FINO. The molecule has 0 aliphatic carbocycles. The van der Waals surface area contributed by atoms with Gasteiger partial charge in [-0.15, -0.1) is 0 Å². The van der Waals surface area contributed by atoms with Crippen LogP contribution in [0.1, 0.15) is 28.5 Å². The number of ketones is 1. The summed E-state index contributed by atoms with van der Waals surface area (Å²) in [4.78, 5) is 16.4. The molecule has 0 spiro atoms. The van der Waals surface area contributed by atoms with Gasteiger partial charge in [-0.3, -0.25) is 9.78 Å². The van der Waals surface area contributed by atoms with E-state index in [-0.39, 0.29) is 18.0 Å². The summed E-state index contributed by atoms with van der Waals surface area (Å²) in [6.07, 6.45) is 2.96. The Balaban J connectivity index is 2.15. The van der Waals surface area contributed by atoms with E-state index in [2.05, 4.69) is 11.9 Å². The van der Waals surface area contributed by atoms with E-state index < -0.39 is 0 Å². The van der Waals surface area contributed by atoms with Gasteiger partial charge in [0.25, 0.3) is 0 Å². The second-order valence-corrected chi connectivity index (χ2v) is 5.40. The average molecular weight is 369 g/mol. The van der Waals surface area contributed by atoms with E-state index in [1.54, 1.807) is 6.20 Å². The summed E-state index contributed by atoms with van der Waals surface area (Å²) in [6.45, 7) is 2.06. The predicted octanol–water partition coefficient (Wildman–Crippen LogP) is 3.81. The summed E-state index contributed by atoms with van der Waals surface area (Å²) in [6, 6.07) is 8.04. The second kappa shape index (κ2) is 6.23. The van der Waals surface area contributed by atoms with E-state index in [9.17, 15) is 9.18 Å². The van der Waals surface area contributed by atoms with Gasteiger partial charge in [0, 0.05) is 21.0 Å². The van der Waals surface area contributed by atoms with Crippen LogP contribution in [0.5, 0.6) is 0 Å². The quantitative estimate of drug-likeness (QED) is 0.606. The third-order valence-electron chi connectivity index (χ3n) is 2.87. The van der Waals surface area contributed by atoms with Crippen molar-refractivity contribution in [2.45, 2.75) is 19.8 Å². The number of carbonyl (C=O) groups excluding carboxylic acids is 1. The first-order valence-corrected chi connectivity index (χ1v) is 7.10. The highest BCUT2D eigenvalue weighted by atomic mass is 127. The van der Waals surface area contributed by atoms with Crippen molar-refractivity contribution in [2.75, 3.05) is 0 Å². The number of halogens is 2. The molecule has 0 atom stereocenters. The predicted molar refractivity (Wildman–Crippen MR) is 80.8 cm³/mol. The average Bonchev–Trinajstić information content (AvgIpc) is 2.39. The van der Waals surface area contributed by atoms with E-state index in [0.717, 1.165) is 17.7 Å². The minimum Gasteiger partial charge on any atom is -0.294 e. The summed E-state index contributed by atoms with van der Waals surface area (Å²) in [5.74, 6) is -0.368. The lowest BCUT2D eigenvalue weighted by Crippen LogP contribution is -2.07. The van der Waals surface area contributed by atoms with Crippen molar-refractivity contribution in [3.05, 3.63) is 62.7 Å². The molecule has 2 rings (SSSR count). The minimum atomic E-state index is -0.327. The summed E-state index contributed by atoms with van der Waals surface area (Å²) < 4.78 is 13.6. The number of nitrogens with zero attached hydrogens (tertiary/aromatic N) is 1. The van der Waals surface area contributed by atoms with Crippen molar-refractivity contribution >= 4 is 28.4 Å². The number of rotatable bonds is 4. The van der Waals surface area contributed by atoms with E-state index in [1.165, 1.54) is 18.2 Å². The van der Waals surface area contributed by atoms with Gasteiger partial charge in [-0.25, -0.2) is 4.39 Å². The molecule has 0 aliphatic heterocycles. The summed E-state index contributed by atoms with van der Waals surface area (Å²) >= 11 is 1.97. The first-order valence-electron chi connectivity index (χ1n) is 6.02. The molecule has 1 aromatic carbocycles. The molecule has 4 heteroatoms. The number of carbonyl (C=O) groups is 1. The van der Waals surface area contributed by atoms with Crippen molar-refractivity contribution in [1.29, 1.82) is 0 Å². The lowest BCUT2D eigenvalue weighted by molar-refractivity contribution is 0.0991. The van der Waals surface area contributed by atoms with E-state index in [1.807, 2.05) is 34.7 Å². The molecule has 0 aliphatic rings. The van der Waals surface area contributed by atoms with Crippen molar-refractivity contribution in [3.63, 3.8) is 0 Å². The molecule has 0 N–H and O–H groups in total. The van der Waals surface area contributed by atoms with Gasteiger partial charge in [0.05, 0.1) is 6.42 Å². The van der Waals surface area contributed by atoms with Crippen LogP contribution in [-0.4, -0.2) is 10.8 Å². The van der Waals surface area contributed by atoms with Crippen LogP contribution in [0.3, 0.4) is 0 Å². The van der Waals surface area contributed by atoms with E-state index in [4.69, 9.17) is 0 Å². The van der Waals surface area contributed by atoms with Gasteiger partial charge in [-0.05, 0) is 58.8 Å². The first kappa shape index (κ1) is 14.1. The van der Waals surface area contributed by atoms with Crippen LogP contribution in [0.25, 0.3) is 0 Å².